The fourth-order valence-electron chi connectivity index (χ4n) is 2.93. The van der Waals surface area contributed by atoms with Gasteiger partial charge >= 0.3 is 7.82 Å². The normalized spacial score (nSPS) is 11.3. The lowest BCUT2D eigenvalue weighted by molar-refractivity contribution is -0.396. The van der Waals surface area contributed by atoms with Gasteiger partial charge in [0.05, 0.1) is 32.9 Å². The molecule has 0 N–H and O–H groups in total. The first-order valence-corrected chi connectivity index (χ1v) is 10.5. The first kappa shape index (κ1) is 26.4. The molecule has 2 aromatic rings. The molecule has 2 rings (SSSR count). The van der Waals surface area contributed by atoms with Crippen LogP contribution in [0.3, 0.4) is 0 Å². The van der Waals surface area contributed by atoms with Gasteiger partial charge in [0, 0.05) is 31.4 Å². The molecule has 17 heteroatoms. The monoisotopic (exact) mass is 500 g/mol. The highest BCUT2D eigenvalue weighted by atomic mass is 31.2. The smallest absolute Gasteiger partial charge is 0.290 e. The van der Waals surface area contributed by atoms with Crippen molar-refractivity contribution in [2.24, 2.45) is 0 Å². The van der Waals surface area contributed by atoms with Gasteiger partial charge in [-0.2, -0.15) is 0 Å². The van der Waals surface area contributed by atoms with Crippen LogP contribution in [-0.2, 0) is 31.4 Å². The Hall–Kier alpha value is -3.85. The molecule has 0 amide bonds. The van der Waals surface area contributed by atoms with Crippen LogP contribution in [0.2, 0.25) is 0 Å². The number of phosphoric acid groups is 1. The van der Waals surface area contributed by atoms with Crippen molar-refractivity contribution in [1.82, 2.24) is 0 Å². The first-order chi connectivity index (χ1) is 15.8. The van der Waals surface area contributed by atoms with E-state index in [1.54, 1.807) is 0 Å². The van der Waals surface area contributed by atoms with Gasteiger partial charge in [-0.1, -0.05) is 0 Å². The summed E-state index contributed by atoms with van der Waals surface area (Å²) in [6.45, 7) is 0.872. The fraction of sp³-hybridized carbons (Fsp3) is 0.294. The zero-order chi connectivity index (χ0) is 25.8. The van der Waals surface area contributed by atoms with Crippen molar-refractivity contribution in [3.05, 3.63) is 87.0 Å². The summed E-state index contributed by atoms with van der Waals surface area (Å²) < 4.78 is 27.5. The van der Waals surface area contributed by atoms with Crippen molar-refractivity contribution in [3.8, 4) is 0 Å². The average Bonchev–Trinajstić information content (AvgIpc) is 2.75. The van der Waals surface area contributed by atoms with E-state index in [-0.39, 0.29) is 11.1 Å². The minimum Gasteiger partial charge on any atom is -0.290 e. The molecule has 0 unspecified atom stereocenters. The van der Waals surface area contributed by atoms with Gasteiger partial charge in [0.15, 0.2) is 0 Å². The molecular weight excluding hydrogens is 483 g/mol. The van der Waals surface area contributed by atoms with Gasteiger partial charge in [0.25, 0.3) is 22.7 Å². The molecule has 0 bridgehead atoms. The number of nitro benzene ring substituents is 4. The van der Waals surface area contributed by atoms with Crippen LogP contribution >= 0.6 is 7.82 Å². The molecule has 2 aromatic carbocycles. The van der Waals surface area contributed by atoms with Crippen molar-refractivity contribution in [2.45, 2.75) is 27.1 Å². The second-order valence-corrected chi connectivity index (χ2v) is 8.54. The van der Waals surface area contributed by atoms with Gasteiger partial charge in [-0.05, 0) is 25.0 Å². The highest BCUT2D eigenvalue weighted by Crippen LogP contribution is 2.52. The molecule has 0 heterocycles. The van der Waals surface area contributed by atoms with Gasteiger partial charge in [-0.3, -0.25) is 54.0 Å². The lowest BCUT2D eigenvalue weighted by Crippen LogP contribution is -2.07. The van der Waals surface area contributed by atoms with E-state index in [9.17, 15) is 45.0 Å². The SMILES string of the molecule is COP(=O)(OCc1c([N+](=O)[O-])cc(C)cc1[N+](=O)[O-])OCc1c([N+](=O)[O-])cc(C)cc1[N+](=O)[O-]. The minimum absolute atomic E-state index is 0.215. The molecule has 182 valence electrons. The van der Waals surface area contributed by atoms with Gasteiger partial charge in [-0.15, -0.1) is 0 Å². The van der Waals surface area contributed by atoms with Crippen LogP contribution < -0.4 is 0 Å². The Balaban J connectivity index is 2.39. The molecule has 0 radical (unpaired) electrons. The predicted octanol–water partition coefficient (Wildman–Crippen LogP) is 4.42. The molecule has 0 atom stereocenters. The summed E-state index contributed by atoms with van der Waals surface area (Å²) in [6, 6.07) is 4.18. The number of hydrogen-bond donors (Lipinski definition) is 0. The lowest BCUT2D eigenvalue weighted by Gasteiger charge is -2.16. The van der Waals surface area contributed by atoms with Crippen molar-refractivity contribution < 1.29 is 37.8 Å². The van der Waals surface area contributed by atoms with Gasteiger partial charge in [-0.25, -0.2) is 4.57 Å². The number of phosphoric ester groups is 1. The van der Waals surface area contributed by atoms with Gasteiger partial charge in [0.1, 0.15) is 11.1 Å². The molecule has 0 fully saturated rings. The Bertz CT molecular complexity index is 1070. The third kappa shape index (κ3) is 5.93. The summed E-state index contributed by atoms with van der Waals surface area (Å²) >= 11 is 0. The quantitative estimate of drug-likeness (QED) is 0.238. The Morgan fingerprint density at radius 1 is 0.676 bits per heavy atom. The van der Waals surface area contributed by atoms with E-state index >= 15 is 0 Å². The minimum atomic E-state index is -4.65. The van der Waals surface area contributed by atoms with E-state index in [0.29, 0.717) is 0 Å². The highest BCUT2D eigenvalue weighted by Gasteiger charge is 2.34. The van der Waals surface area contributed by atoms with Crippen molar-refractivity contribution in [2.75, 3.05) is 7.11 Å². The van der Waals surface area contributed by atoms with Crippen LogP contribution in [0.25, 0.3) is 0 Å². The van der Waals surface area contributed by atoms with Gasteiger partial charge < -0.3 is 0 Å². The predicted molar refractivity (Wildman–Crippen MR) is 113 cm³/mol. The first-order valence-electron chi connectivity index (χ1n) is 9.09. The number of benzene rings is 2. The number of nitrogens with zero attached hydrogens (tertiary/aromatic N) is 4. The number of aryl methyl sites for hydroxylation is 2. The fourth-order valence-corrected chi connectivity index (χ4v) is 3.79. The zero-order valence-electron chi connectivity index (χ0n) is 17.9. The Morgan fingerprint density at radius 3 is 1.15 bits per heavy atom. The van der Waals surface area contributed by atoms with Crippen LogP contribution in [0.4, 0.5) is 22.7 Å². The lowest BCUT2D eigenvalue weighted by atomic mass is 10.1. The maximum atomic E-state index is 12.8. The molecule has 16 nitrogen and oxygen atoms in total. The van der Waals surface area contributed by atoms with E-state index in [1.807, 2.05) is 0 Å². The molecule has 0 saturated heterocycles. The molecule has 0 spiro atoms. The van der Waals surface area contributed by atoms with Crippen molar-refractivity contribution in [3.63, 3.8) is 0 Å². The summed E-state index contributed by atoms with van der Waals surface area (Å²) in [4.78, 5) is 41.8. The van der Waals surface area contributed by atoms with Crippen LogP contribution in [0.15, 0.2) is 24.3 Å². The van der Waals surface area contributed by atoms with Crippen molar-refractivity contribution >= 4 is 30.6 Å². The number of nitro groups is 4. The van der Waals surface area contributed by atoms with E-state index in [1.165, 1.54) is 13.8 Å². The zero-order valence-corrected chi connectivity index (χ0v) is 18.8. The summed E-state index contributed by atoms with van der Waals surface area (Å²) in [7, 11) is -3.79. The summed E-state index contributed by atoms with van der Waals surface area (Å²) in [5.41, 5.74) is -3.36. The number of hydrogen-bond acceptors (Lipinski definition) is 12. The average molecular weight is 500 g/mol. The standard InChI is InChI=1S/C17H17N4O12P/c1-10-4-14(18(22)23)12(15(5-10)19(24)25)8-32-34(30,31-3)33-9-13-16(20(26)27)6-11(2)7-17(13)21(28)29/h4-7H,8-9H2,1-3H3. The molecule has 34 heavy (non-hydrogen) atoms. The molecule has 0 aliphatic heterocycles. The van der Waals surface area contributed by atoms with Crippen LogP contribution in [0.5, 0.6) is 0 Å². The van der Waals surface area contributed by atoms with Crippen LogP contribution in [0.1, 0.15) is 22.3 Å². The number of rotatable bonds is 11. The van der Waals surface area contributed by atoms with Gasteiger partial charge in [0.2, 0.25) is 0 Å². The second kappa shape index (κ2) is 10.4. The molecule has 0 aliphatic carbocycles. The summed E-state index contributed by atoms with van der Waals surface area (Å²) in [6.07, 6.45) is 0. The molecule has 0 aromatic heterocycles. The third-order valence-corrected chi connectivity index (χ3v) is 5.78. The molecule has 0 saturated carbocycles. The van der Waals surface area contributed by atoms with Crippen LogP contribution in [-0.4, -0.2) is 26.8 Å². The Labute approximate surface area is 190 Å². The van der Waals surface area contributed by atoms with E-state index in [4.69, 9.17) is 9.05 Å². The maximum Gasteiger partial charge on any atom is 0.475 e. The Morgan fingerprint density at radius 2 is 0.941 bits per heavy atom. The largest absolute Gasteiger partial charge is 0.475 e. The summed E-state index contributed by atoms with van der Waals surface area (Å²) in [5, 5.41) is 45.4. The second-order valence-electron chi connectivity index (χ2n) is 6.77. The maximum absolute atomic E-state index is 12.8. The Kier molecular flexibility index (Phi) is 8.07. The van der Waals surface area contributed by atoms with E-state index in [0.717, 1.165) is 31.4 Å². The highest BCUT2D eigenvalue weighted by molar-refractivity contribution is 7.48. The van der Waals surface area contributed by atoms with E-state index < -0.39 is 74.6 Å². The molecule has 0 aliphatic rings. The van der Waals surface area contributed by atoms with Crippen LogP contribution in [0, 0.1) is 54.3 Å². The molecular formula is C17H17N4O12P. The topological polar surface area (TPSA) is 217 Å². The van der Waals surface area contributed by atoms with Crippen molar-refractivity contribution in [1.29, 1.82) is 0 Å². The summed E-state index contributed by atoms with van der Waals surface area (Å²) in [5.74, 6) is 0. The van der Waals surface area contributed by atoms with E-state index in [2.05, 4.69) is 4.52 Å². The third-order valence-electron chi connectivity index (χ3n) is 4.44.